The van der Waals surface area contributed by atoms with Crippen molar-refractivity contribution in [2.24, 2.45) is 7.05 Å². The maximum Gasteiger partial charge on any atom is 0.138 e. The minimum Gasteiger partial charge on any atom is -0.315 e. The zero-order chi connectivity index (χ0) is 12.6. The molecule has 0 saturated carbocycles. The largest absolute Gasteiger partial charge is 0.315 e. The summed E-state index contributed by atoms with van der Waals surface area (Å²) in [6.45, 7) is 1.70. The predicted molar refractivity (Wildman–Crippen MR) is 65.7 cm³/mol. The van der Waals surface area contributed by atoms with Gasteiger partial charge in [-0.15, -0.1) is 0 Å². The Morgan fingerprint density at radius 2 is 2.28 bits per heavy atom. The lowest BCUT2D eigenvalue weighted by atomic mass is 9.72. The predicted octanol–water partition coefficient (Wildman–Crippen LogP) is 1.04. The first-order valence-corrected chi connectivity index (χ1v) is 5.99. The number of aromatic nitrogens is 3. The van der Waals surface area contributed by atoms with Crippen LogP contribution in [0.2, 0.25) is 0 Å². The van der Waals surface area contributed by atoms with Crippen molar-refractivity contribution in [1.82, 2.24) is 20.1 Å². The molecule has 2 heterocycles. The van der Waals surface area contributed by atoms with Gasteiger partial charge in [0.15, 0.2) is 0 Å². The number of rotatable bonds is 3. The van der Waals surface area contributed by atoms with Gasteiger partial charge < -0.3 is 5.32 Å². The van der Waals surface area contributed by atoms with Crippen LogP contribution >= 0.6 is 0 Å². The third-order valence-electron chi connectivity index (χ3n) is 3.67. The van der Waals surface area contributed by atoms with E-state index < -0.39 is 0 Å². The molecule has 1 saturated heterocycles. The zero-order valence-electron chi connectivity index (χ0n) is 10.2. The highest BCUT2D eigenvalue weighted by Gasteiger charge is 2.40. The summed E-state index contributed by atoms with van der Waals surface area (Å²) in [6.07, 6.45) is 2.33. The maximum atomic E-state index is 13.4. The molecule has 4 nitrogen and oxygen atoms in total. The van der Waals surface area contributed by atoms with Crippen molar-refractivity contribution in [1.29, 1.82) is 0 Å². The van der Waals surface area contributed by atoms with E-state index in [0.29, 0.717) is 0 Å². The topological polar surface area (TPSA) is 42.7 Å². The molecule has 0 bridgehead atoms. The Labute approximate surface area is 105 Å². The van der Waals surface area contributed by atoms with Crippen molar-refractivity contribution in [3.05, 3.63) is 47.8 Å². The van der Waals surface area contributed by atoms with E-state index in [0.717, 1.165) is 30.9 Å². The Kier molecular flexibility index (Phi) is 2.63. The molecule has 1 aromatic heterocycles. The van der Waals surface area contributed by atoms with Crippen LogP contribution in [0.3, 0.4) is 0 Å². The molecule has 0 aliphatic carbocycles. The van der Waals surface area contributed by atoms with Crippen molar-refractivity contribution < 1.29 is 4.39 Å². The second kappa shape index (κ2) is 4.17. The van der Waals surface area contributed by atoms with Gasteiger partial charge in [-0.25, -0.2) is 9.37 Å². The Hall–Kier alpha value is -1.75. The average molecular weight is 246 g/mol. The first kappa shape index (κ1) is 11.3. The third kappa shape index (κ3) is 1.80. The van der Waals surface area contributed by atoms with E-state index in [4.69, 9.17) is 0 Å². The number of benzene rings is 1. The van der Waals surface area contributed by atoms with Gasteiger partial charge in [0.2, 0.25) is 0 Å². The number of nitrogens with zero attached hydrogens (tertiary/aromatic N) is 3. The number of hydrogen-bond donors (Lipinski definition) is 1. The van der Waals surface area contributed by atoms with E-state index in [1.165, 1.54) is 6.07 Å². The molecule has 1 aliphatic rings. The summed E-state index contributed by atoms with van der Waals surface area (Å²) in [7, 11) is 1.88. The number of nitrogens with one attached hydrogen (secondary N) is 1. The van der Waals surface area contributed by atoms with Crippen LogP contribution in [0.1, 0.15) is 11.4 Å². The fraction of sp³-hybridized carbons (Fsp3) is 0.385. The van der Waals surface area contributed by atoms with Crippen LogP contribution in [0.15, 0.2) is 30.6 Å². The van der Waals surface area contributed by atoms with Crippen molar-refractivity contribution in [3.8, 4) is 0 Å². The van der Waals surface area contributed by atoms with E-state index in [9.17, 15) is 4.39 Å². The summed E-state index contributed by atoms with van der Waals surface area (Å²) in [5, 5.41) is 7.35. The van der Waals surface area contributed by atoms with Gasteiger partial charge in [0.05, 0.1) is 0 Å². The molecule has 0 unspecified atom stereocenters. The summed E-state index contributed by atoms with van der Waals surface area (Å²) >= 11 is 0. The average Bonchev–Trinajstić information content (AvgIpc) is 2.69. The van der Waals surface area contributed by atoms with Crippen LogP contribution in [-0.2, 0) is 18.9 Å². The molecule has 0 atom stereocenters. The fourth-order valence-electron chi connectivity index (χ4n) is 2.46. The normalized spacial score (nSPS) is 17.4. The highest BCUT2D eigenvalue weighted by molar-refractivity contribution is 5.31. The minimum absolute atomic E-state index is 0.0527. The zero-order valence-corrected chi connectivity index (χ0v) is 10.2. The lowest BCUT2D eigenvalue weighted by Gasteiger charge is -2.43. The smallest absolute Gasteiger partial charge is 0.138 e. The minimum atomic E-state index is -0.184. The van der Waals surface area contributed by atoms with Crippen LogP contribution in [-0.4, -0.2) is 27.9 Å². The molecule has 2 aromatic rings. The van der Waals surface area contributed by atoms with Gasteiger partial charge in [0.1, 0.15) is 18.0 Å². The Bertz CT molecular complexity index is 560. The van der Waals surface area contributed by atoms with Gasteiger partial charge in [-0.05, 0) is 17.7 Å². The van der Waals surface area contributed by atoms with Gasteiger partial charge in [0.25, 0.3) is 0 Å². The summed E-state index contributed by atoms with van der Waals surface area (Å²) in [4.78, 5) is 4.26. The van der Waals surface area contributed by atoms with E-state index in [1.807, 2.05) is 13.1 Å². The molecule has 0 radical (unpaired) electrons. The molecule has 1 aromatic carbocycles. The Balaban J connectivity index is 1.93. The molecule has 1 aliphatic heterocycles. The summed E-state index contributed by atoms with van der Waals surface area (Å²) in [6, 6.07) is 6.85. The summed E-state index contributed by atoms with van der Waals surface area (Å²) in [5.74, 6) is 0.748. The van der Waals surface area contributed by atoms with Crippen molar-refractivity contribution in [2.45, 2.75) is 11.8 Å². The van der Waals surface area contributed by atoms with E-state index >= 15 is 0 Å². The highest BCUT2D eigenvalue weighted by atomic mass is 19.1. The standard InChI is InChI=1S/C13H15FN4/c1-18-12(16-9-17-18)6-13(7-15-8-13)10-3-2-4-11(14)5-10/h2-5,9,15H,6-8H2,1H3. The fourth-order valence-corrected chi connectivity index (χ4v) is 2.46. The first-order valence-electron chi connectivity index (χ1n) is 5.99. The lowest BCUT2D eigenvalue weighted by Crippen LogP contribution is -2.58. The van der Waals surface area contributed by atoms with E-state index in [2.05, 4.69) is 15.4 Å². The number of hydrogen-bond acceptors (Lipinski definition) is 3. The van der Waals surface area contributed by atoms with Crippen molar-refractivity contribution in [2.75, 3.05) is 13.1 Å². The molecule has 0 spiro atoms. The summed E-state index contributed by atoms with van der Waals surface area (Å²) < 4.78 is 15.1. The summed E-state index contributed by atoms with van der Waals surface area (Å²) in [5.41, 5.74) is 0.979. The van der Waals surface area contributed by atoms with Gasteiger partial charge in [-0.3, -0.25) is 4.68 Å². The second-order valence-corrected chi connectivity index (χ2v) is 4.87. The van der Waals surface area contributed by atoms with E-state index in [1.54, 1.807) is 23.1 Å². The van der Waals surface area contributed by atoms with E-state index in [-0.39, 0.29) is 11.2 Å². The van der Waals surface area contributed by atoms with Crippen molar-refractivity contribution >= 4 is 0 Å². The highest BCUT2D eigenvalue weighted by Crippen LogP contribution is 2.32. The van der Waals surface area contributed by atoms with Crippen LogP contribution in [0.5, 0.6) is 0 Å². The maximum absolute atomic E-state index is 13.4. The quantitative estimate of drug-likeness (QED) is 0.880. The van der Waals surface area contributed by atoms with Crippen LogP contribution in [0.4, 0.5) is 4.39 Å². The van der Waals surface area contributed by atoms with Crippen LogP contribution < -0.4 is 5.32 Å². The SMILES string of the molecule is Cn1ncnc1CC1(c2cccc(F)c2)CNC1. The first-order chi connectivity index (χ1) is 8.70. The lowest BCUT2D eigenvalue weighted by molar-refractivity contribution is 0.266. The Morgan fingerprint density at radius 1 is 1.44 bits per heavy atom. The monoisotopic (exact) mass is 246 g/mol. The van der Waals surface area contributed by atoms with Gasteiger partial charge in [0, 0.05) is 32.0 Å². The molecular formula is C13H15FN4. The molecular weight excluding hydrogens is 231 g/mol. The van der Waals surface area contributed by atoms with Crippen LogP contribution in [0, 0.1) is 5.82 Å². The molecule has 3 rings (SSSR count). The number of aryl methyl sites for hydroxylation is 1. The molecule has 0 amide bonds. The van der Waals surface area contributed by atoms with Crippen molar-refractivity contribution in [3.63, 3.8) is 0 Å². The van der Waals surface area contributed by atoms with Crippen LogP contribution in [0.25, 0.3) is 0 Å². The molecule has 1 fully saturated rings. The molecule has 1 N–H and O–H groups in total. The van der Waals surface area contributed by atoms with Gasteiger partial charge in [-0.1, -0.05) is 12.1 Å². The molecule has 18 heavy (non-hydrogen) atoms. The molecule has 94 valence electrons. The third-order valence-corrected chi connectivity index (χ3v) is 3.67. The van der Waals surface area contributed by atoms with Gasteiger partial charge in [-0.2, -0.15) is 5.10 Å². The van der Waals surface area contributed by atoms with Gasteiger partial charge >= 0.3 is 0 Å². The number of halogens is 1. The second-order valence-electron chi connectivity index (χ2n) is 4.87. The Morgan fingerprint density at radius 3 is 2.83 bits per heavy atom. The molecule has 5 heteroatoms.